The summed E-state index contributed by atoms with van der Waals surface area (Å²) in [5.41, 5.74) is 8.70. The molecule has 0 radical (unpaired) electrons. The van der Waals surface area contributed by atoms with E-state index in [9.17, 15) is 9.18 Å². The van der Waals surface area contributed by atoms with Gasteiger partial charge in [0.15, 0.2) is 0 Å². The highest BCUT2D eigenvalue weighted by atomic mass is 19.1. The highest BCUT2D eigenvalue weighted by Gasteiger charge is 2.05. The van der Waals surface area contributed by atoms with Crippen LogP contribution in [0.2, 0.25) is 0 Å². The molecule has 0 spiro atoms. The summed E-state index contributed by atoms with van der Waals surface area (Å²) >= 11 is 0. The van der Waals surface area contributed by atoms with Crippen molar-refractivity contribution in [1.82, 2.24) is 5.32 Å². The van der Waals surface area contributed by atoms with Gasteiger partial charge in [0.05, 0.1) is 0 Å². The van der Waals surface area contributed by atoms with Gasteiger partial charge >= 0.3 is 0 Å². The van der Waals surface area contributed by atoms with E-state index in [2.05, 4.69) is 5.32 Å². The number of hydrogen-bond donors (Lipinski definition) is 2. The quantitative estimate of drug-likeness (QED) is 0.841. The molecule has 0 unspecified atom stereocenters. The molecule has 1 amide bonds. The number of halogens is 1. The van der Waals surface area contributed by atoms with Gasteiger partial charge in [-0.15, -0.1) is 0 Å². The van der Waals surface area contributed by atoms with Gasteiger partial charge in [0.25, 0.3) is 5.91 Å². The molecule has 0 atom stereocenters. The Morgan fingerprint density at radius 3 is 2.55 bits per heavy atom. The Morgan fingerprint density at radius 1 is 1.20 bits per heavy atom. The van der Waals surface area contributed by atoms with Crippen molar-refractivity contribution in [2.45, 2.75) is 13.3 Å². The van der Waals surface area contributed by atoms with Crippen molar-refractivity contribution >= 4 is 11.6 Å². The van der Waals surface area contributed by atoms with E-state index in [1.54, 1.807) is 30.3 Å². The van der Waals surface area contributed by atoms with E-state index in [1.165, 1.54) is 12.1 Å². The molecule has 4 heteroatoms. The van der Waals surface area contributed by atoms with Crippen LogP contribution >= 0.6 is 0 Å². The molecule has 2 aromatic rings. The van der Waals surface area contributed by atoms with Gasteiger partial charge in [0.2, 0.25) is 0 Å². The first-order valence-corrected chi connectivity index (χ1v) is 6.45. The van der Waals surface area contributed by atoms with Crippen LogP contribution < -0.4 is 11.1 Å². The summed E-state index contributed by atoms with van der Waals surface area (Å²) in [6.45, 7) is 2.37. The summed E-state index contributed by atoms with van der Waals surface area (Å²) in [7, 11) is 0. The molecule has 0 aromatic heterocycles. The summed E-state index contributed by atoms with van der Waals surface area (Å²) in [5, 5.41) is 2.84. The molecule has 3 nitrogen and oxygen atoms in total. The Balaban J connectivity index is 1.89. The number of nitrogen functional groups attached to an aromatic ring is 1. The van der Waals surface area contributed by atoms with Crippen molar-refractivity contribution in [3.63, 3.8) is 0 Å². The first-order valence-electron chi connectivity index (χ1n) is 6.45. The second-order valence-electron chi connectivity index (χ2n) is 4.70. The number of aryl methyl sites for hydroxylation is 1. The van der Waals surface area contributed by atoms with Gasteiger partial charge in [0, 0.05) is 17.8 Å². The normalized spacial score (nSPS) is 10.3. The van der Waals surface area contributed by atoms with E-state index in [4.69, 9.17) is 5.73 Å². The number of anilines is 1. The third-order valence-electron chi connectivity index (χ3n) is 3.16. The minimum absolute atomic E-state index is 0.134. The third kappa shape index (κ3) is 3.57. The van der Waals surface area contributed by atoms with Gasteiger partial charge in [-0.3, -0.25) is 4.79 Å². The van der Waals surface area contributed by atoms with E-state index in [1.807, 2.05) is 6.92 Å². The van der Waals surface area contributed by atoms with Crippen molar-refractivity contribution in [1.29, 1.82) is 0 Å². The lowest BCUT2D eigenvalue weighted by Gasteiger charge is -2.08. The largest absolute Gasteiger partial charge is 0.399 e. The lowest BCUT2D eigenvalue weighted by Crippen LogP contribution is -2.25. The van der Waals surface area contributed by atoms with Gasteiger partial charge in [-0.25, -0.2) is 4.39 Å². The van der Waals surface area contributed by atoms with Gasteiger partial charge in [-0.1, -0.05) is 6.07 Å². The van der Waals surface area contributed by atoms with E-state index >= 15 is 0 Å². The van der Waals surface area contributed by atoms with E-state index in [0.717, 1.165) is 11.1 Å². The van der Waals surface area contributed by atoms with Crippen molar-refractivity contribution in [3.05, 3.63) is 65.0 Å². The summed E-state index contributed by atoms with van der Waals surface area (Å²) in [6.07, 6.45) is 0.673. The average Bonchev–Trinajstić information content (AvgIpc) is 2.42. The number of amides is 1. The minimum atomic E-state index is -0.239. The molecule has 2 rings (SSSR count). The van der Waals surface area contributed by atoms with Crippen molar-refractivity contribution < 1.29 is 9.18 Å². The molecule has 0 aliphatic carbocycles. The zero-order valence-electron chi connectivity index (χ0n) is 11.3. The fraction of sp³-hybridized carbons (Fsp3) is 0.188. The highest BCUT2D eigenvalue weighted by molar-refractivity contribution is 5.94. The molecule has 0 heterocycles. The molecular formula is C16H17FN2O. The van der Waals surface area contributed by atoms with Crippen molar-refractivity contribution in [2.24, 2.45) is 0 Å². The maximum absolute atomic E-state index is 13.0. The predicted molar refractivity (Wildman–Crippen MR) is 78.0 cm³/mol. The second kappa shape index (κ2) is 6.19. The maximum atomic E-state index is 13.0. The third-order valence-corrected chi connectivity index (χ3v) is 3.16. The molecule has 0 aliphatic rings. The zero-order chi connectivity index (χ0) is 14.5. The van der Waals surface area contributed by atoms with Crippen LogP contribution in [0.15, 0.2) is 42.5 Å². The monoisotopic (exact) mass is 272 g/mol. The second-order valence-corrected chi connectivity index (χ2v) is 4.70. The summed E-state index contributed by atoms with van der Waals surface area (Å²) in [4.78, 5) is 11.9. The number of hydrogen-bond acceptors (Lipinski definition) is 2. The van der Waals surface area contributed by atoms with Crippen LogP contribution in [-0.2, 0) is 6.42 Å². The Labute approximate surface area is 117 Å². The Kier molecular flexibility index (Phi) is 4.35. The zero-order valence-corrected chi connectivity index (χ0v) is 11.3. The van der Waals surface area contributed by atoms with E-state index in [0.29, 0.717) is 24.2 Å². The standard InChI is InChI=1S/C16H17FN2O/c1-11-10-14(17)5-2-12(11)8-9-19-16(20)13-3-6-15(18)7-4-13/h2-7,10H,8-9,18H2,1H3,(H,19,20). The van der Waals surface area contributed by atoms with Crippen LogP contribution in [0.3, 0.4) is 0 Å². The van der Waals surface area contributed by atoms with Crippen LogP contribution in [0.5, 0.6) is 0 Å². The topological polar surface area (TPSA) is 55.1 Å². The van der Waals surface area contributed by atoms with Gasteiger partial charge < -0.3 is 11.1 Å². The Hall–Kier alpha value is -2.36. The lowest BCUT2D eigenvalue weighted by atomic mass is 10.1. The molecule has 0 aliphatic heterocycles. The van der Waals surface area contributed by atoms with Gasteiger partial charge in [0.1, 0.15) is 5.82 Å². The summed E-state index contributed by atoms with van der Waals surface area (Å²) in [6, 6.07) is 11.4. The number of benzene rings is 2. The van der Waals surface area contributed by atoms with Crippen molar-refractivity contribution in [3.8, 4) is 0 Å². The van der Waals surface area contributed by atoms with Crippen LogP contribution in [0, 0.1) is 12.7 Å². The lowest BCUT2D eigenvalue weighted by molar-refractivity contribution is 0.0954. The van der Waals surface area contributed by atoms with Crippen molar-refractivity contribution in [2.75, 3.05) is 12.3 Å². The van der Waals surface area contributed by atoms with Crippen LogP contribution in [0.1, 0.15) is 21.5 Å². The number of carbonyl (C=O) groups is 1. The molecule has 0 saturated heterocycles. The Bertz CT molecular complexity index is 608. The molecule has 2 aromatic carbocycles. The van der Waals surface area contributed by atoms with Gasteiger partial charge in [-0.05, 0) is 60.9 Å². The molecule has 0 fully saturated rings. The first-order chi connectivity index (χ1) is 9.56. The number of nitrogens with two attached hydrogens (primary N) is 1. The van der Waals surface area contributed by atoms with Crippen LogP contribution in [0.25, 0.3) is 0 Å². The van der Waals surface area contributed by atoms with Crippen LogP contribution in [0.4, 0.5) is 10.1 Å². The number of nitrogens with one attached hydrogen (secondary N) is 1. The summed E-state index contributed by atoms with van der Waals surface area (Å²) < 4.78 is 13.0. The minimum Gasteiger partial charge on any atom is -0.399 e. The fourth-order valence-electron chi connectivity index (χ4n) is 1.99. The Morgan fingerprint density at radius 2 is 1.90 bits per heavy atom. The molecule has 3 N–H and O–H groups in total. The predicted octanol–water partition coefficient (Wildman–Crippen LogP) is 2.69. The number of carbonyl (C=O) groups excluding carboxylic acids is 1. The maximum Gasteiger partial charge on any atom is 0.251 e. The fourth-order valence-corrected chi connectivity index (χ4v) is 1.99. The molecular weight excluding hydrogens is 255 g/mol. The number of rotatable bonds is 4. The molecule has 0 saturated carbocycles. The molecule has 104 valence electrons. The highest BCUT2D eigenvalue weighted by Crippen LogP contribution is 2.10. The molecule has 0 bridgehead atoms. The van der Waals surface area contributed by atoms with Gasteiger partial charge in [-0.2, -0.15) is 0 Å². The smallest absolute Gasteiger partial charge is 0.251 e. The summed E-state index contributed by atoms with van der Waals surface area (Å²) in [5.74, 6) is -0.373. The molecule has 20 heavy (non-hydrogen) atoms. The SMILES string of the molecule is Cc1cc(F)ccc1CCNC(=O)c1ccc(N)cc1. The van der Waals surface area contributed by atoms with E-state index in [-0.39, 0.29) is 11.7 Å². The average molecular weight is 272 g/mol. The van der Waals surface area contributed by atoms with Crippen LogP contribution in [-0.4, -0.2) is 12.5 Å². The van der Waals surface area contributed by atoms with E-state index < -0.39 is 0 Å². The first kappa shape index (κ1) is 14.1.